The van der Waals surface area contributed by atoms with E-state index in [0.29, 0.717) is 5.56 Å². The van der Waals surface area contributed by atoms with E-state index >= 15 is 0 Å². The lowest BCUT2D eigenvalue weighted by molar-refractivity contribution is 0.0697. The summed E-state index contributed by atoms with van der Waals surface area (Å²) in [5.41, 5.74) is 3.41. The predicted molar refractivity (Wildman–Crippen MR) is 93.3 cm³/mol. The first-order chi connectivity index (χ1) is 11.5. The van der Waals surface area contributed by atoms with Gasteiger partial charge in [0.05, 0.1) is 5.56 Å². The number of nitrogens with zero attached hydrogens (tertiary/aromatic N) is 1. The van der Waals surface area contributed by atoms with E-state index in [4.69, 9.17) is 0 Å². The van der Waals surface area contributed by atoms with Crippen molar-refractivity contribution in [3.63, 3.8) is 0 Å². The molecule has 1 heterocycles. The highest BCUT2D eigenvalue weighted by molar-refractivity contribution is 5.99. The number of rotatable bonds is 3. The molecule has 1 N–H and O–H groups in total. The molecular formula is C20H21NO3. The summed E-state index contributed by atoms with van der Waals surface area (Å²) in [5.74, 6) is -1.09. The van der Waals surface area contributed by atoms with Gasteiger partial charge in [0.2, 0.25) is 0 Å². The van der Waals surface area contributed by atoms with Crippen molar-refractivity contribution in [2.45, 2.75) is 26.2 Å². The number of hydrogen-bond donors (Lipinski definition) is 1. The van der Waals surface area contributed by atoms with Gasteiger partial charge in [-0.1, -0.05) is 29.8 Å². The number of hydrogen-bond acceptors (Lipinski definition) is 2. The lowest BCUT2D eigenvalue weighted by atomic mass is 9.98. The fourth-order valence-electron chi connectivity index (χ4n) is 3.07. The fraction of sp³-hybridized carbons (Fsp3) is 0.300. The Hall–Kier alpha value is -2.62. The molecule has 4 nitrogen and oxygen atoms in total. The normalized spacial score (nSPS) is 14.5. The molecular weight excluding hydrogens is 302 g/mol. The Balaban J connectivity index is 2.00. The van der Waals surface area contributed by atoms with Crippen molar-refractivity contribution in [3.05, 3.63) is 59.2 Å². The largest absolute Gasteiger partial charge is 0.478 e. The summed E-state index contributed by atoms with van der Waals surface area (Å²) in [6, 6.07) is 12.8. The van der Waals surface area contributed by atoms with E-state index in [9.17, 15) is 14.7 Å². The van der Waals surface area contributed by atoms with Crippen LogP contribution in [0.1, 0.15) is 45.5 Å². The molecule has 0 aromatic heterocycles. The molecule has 1 amide bonds. The van der Waals surface area contributed by atoms with Gasteiger partial charge in [0.1, 0.15) is 0 Å². The fourth-order valence-corrected chi connectivity index (χ4v) is 3.07. The Morgan fingerprint density at radius 3 is 2.12 bits per heavy atom. The molecule has 4 heteroatoms. The highest BCUT2D eigenvalue weighted by Crippen LogP contribution is 2.24. The number of carboxylic acid groups (broad SMARTS) is 1. The lowest BCUT2D eigenvalue weighted by Crippen LogP contribution is -2.35. The molecule has 0 spiro atoms. The van der Waals surface area contributed by atoms with Gasteiger partial charge in [-0.15, -0.1) is 0 Å². The van der Waals surface area contributed by atoms with Crippen LogP contribution in [0.5, 0.6) is 0 Å². The summed E-state index contributed by atoms with van der Waals surface area (Å²) < 4.78 is 0. The number of aromatic carboxylic acids is 1. The molecule has 1 fully saturated rings. The molecule has 0 atom stereocenters. The SMILES string of the molecule is Cc1ccc(-c2cc(C(=O)O)cc(C(=O)N3CCCCC3)c2)cc1. The Morgan fingerprint density at radius 1 is 0.875 bits per heavy atom. The van der Waals surface area contributed by atoms with Crippen LogP contribution in [0.15, 0.2) is 42.5 Å². The van der Waals surface area contributed by atoms with Gasteiger partial charge in [0.25, 0.3) is 5.91 Å². The van der Waals surface area contributed by atoms with Gasteiger partial charge in [0.15, 0.2) is 0 Å². The molecule has 0 radical (unpaired) electrons. The molecule has 24 heavy (non-hydrogen) atoms. The van der Waals surface area contributed by atoms with Gasteiger partial charge in [-0.2, -0.15) is 0 Å². The van der Waals surface area contributed by atoms with E-state index in [1.165, 1.54) is 6.07 Å². The Morgan fingerprint density at radius 2 is 1.50 bits per heavy atom. The second-order valence-electron chi connectivity index (χ2n) is 6.32. The highest BCUT2D eigenvalue weighted by atomic mass is 16.4. The minimum Gasteiger partial charge on any atom is -0.478 e. The molecule has 1 saturated heterocycles. The maximum Gasteiger partial charge on any atom is 0.335 e. The zero-order valence-electron chi connectivity index (χ0n) is 13.8. The predicted octanol–water partition coefficient (Wildman–Crippen LogP) is 3.99. The van der Waals surface area contributed by atoms with E-state index in [0.717, 1.165) is 49.0 Å². The Kier molecular flexibility index (Phi) is 4.65. The first kappa shape index (κ1) is 16.2. The maximum absolute atomic E-state index is 12.7. The Bertz CT molecular complexity index is 759. The van der Waals surface area contributed by atoms with E-state index in [1.807, 2.05) is 36.1 Å². The van der Waals surface area contributed by atoms with Crippen molar-refractivity contribution in [2.24, 2.45) is 0 Å². The third-order valence-electron chi connectivity index (χ3n) is 4.46. The van der Waals surface area contributed by atoms with Crippen LogP contribution in [0.25, 0.3) is 11.1 Å². The van der Waals surface area contributed by atoms with Crippen LogP contribution >= 0.6 is 0 Å². The van der Waals surface area contributed by atoms with E-state index < -0.39 is 5.97 Å². The van der Waals surface area contributed by atoms with Crippen LogP contribution in [0.4, 0.5) is 0 Å². The minimum atomic E-state index is -1.02. The summed E-state index contributed by atoms with van der Waals surface area (Å²) in [4.78, 5) is 26.0. The summed E-state index contributed by atoms with van der Waals surface area (Å²) in [5, 5.41) is 9.39. The number of amides is 1. The van der Waals surface area contributed by atoms with Crippen molar-refractivity contribution < 1.29 is 14.7 Å². The second-order valence-corrected chi connectivity index (χ2v) is 6.32. The molecule has 2 aromatic carbocycles. The van der Waals surface area contributed by atoms with Crippen LogP contribution in [0, 0.1) is 6.92 Å². The van der Waals surface area contributed by atoms with E-state index in [1.54, 1.807) is 12.1 Å². The van der Waals surface area contributed by atoms with Crippen LogP contribution in [-0.2, 0) is 0 Å². The Labute approximate surface area is 141 Å². The molecule has 1 aliphatic heterocycles. The van der Waals surface area contributed by atoms with Gasteiger partial charge in [-0.25, -0.2) is 4.79 Å². The van der Waals surface area contributed by atoms with Gasteiger partial charge >= 0.3 is 5.97 Å². The average molecular weight is 323 g/mol. The smallest absolute Gasteiger partial charge is 0.335 e. The molecule has 0 aliphatic carbocycles. The molecule has 2 aromatic rings. The molecule has 0 unspecified atom stereocenters. The standard InChI is InChI=1S/C20H21NO3/c1-14-5-7-15(8-6-14)16-11-17(13-18(12-16)20(23)24)19(22)21-9-3-2-4-10-21/h5-8,11-13H,2-4,9-10H2,1H3,(H,23,24). The molecule has 0 bridgehead atoms. The van der Waals surface area contributed by atoms with Gasteiger partial charge in [-0.05, 0) is 55.5 Å². The molecule has 3 rings (SSSR count). The van der Waals surface area contributed by atoms with Crippen molar-refractivity contribution in [3.8, 4) is 11.1 Å². The first-order valence-electron chi connectivity index (χ1n) is 8.29. The van der Waals surface area contributed by atoms with Crippen molar-refractivity contribution in [1.29, 1.82) is 0 Å². The summed E-state index contributed by atoms with van der Waals surface area (Å²) in [7, 11) is 0. The van der Waals surface area contributed by atoms with Crippen LogP contribution < -0.4 is 0 Å². The topological polar surface area (TPSA) is 57.6 Å². The summed E-state index contributed by atoms with van der Waals surface area (Å²) in [6.07, 6.45) is 3.16. The lowest BCUT2D eigenvalue weighted by Gasteiger charge is -2.27. The maximum atomic E-state index is 12.7. The van der Waals surface area contributed by atoms with Crippen molar-refractivity contribution in [1.82, 2.24) is 4.90 Å². The van der Waals surface area contributed by atoms with Crippen molar-refractivity contribution in [2.75, 3.05) is 13.1 Å². The number of carbonyl (C=O) groups is 2. The molecule has 1 aliphatic rings. The van der Waals surface area contributed by atoms with Gasteiger partial charge in [0, 0.05) is 18.7 Å². The van der Waals surface area contributed by atoms with Crippen molar-refractivity contribution >= 4 is 11.9 Å². The number of aryl methyl sites for hydroxylation is 1. The first-order valence-corrected chi connectivity index (χ1v) is 8.29. The quantitative estimate of drug-likeness (QED) is 0.929. The monoisotopic (exact) mass is 323 g/mol. The minimum absolute atomic E-state index is 0.0776. The third-order valence-corrected chi connectivity index (χ3v) is 4.46. The number of benzene rings is 2. The number of carboxylic acids is 1. The van der Waals surface area contributed by atoms with E-state index in [-0.39, 0.29) is 11.5 Å². The molecule has 124 valence electrons. The van der Waals surface area contributed by atoms with Crippen LogP contribution in [0.3, 0.4) is 0 Å². The molecule has 0 saturated carbocycles. The van der Waals surface area contributed by atoms with E-state index in [2.05, 4.69) is 0 Å². The zero-order valence-corrected chi connectivity index (χ0v) is 13.8. The summed E-state index contributed by atoms with van der Waals surface area (Å²) >= 11 is 0. The zero-order chi connectivity index (χ0) is 17.1. The number of piperidine rings is 1. The number of likely N-dealkylation sites (tertiary alicyclic amines) is 1. The highest BCUT2D eigenvalue weighted by Gasteiger charge is 2.20. The van der Waals surface area contributed by atoms with Crippen LogP contribution in [0.2, 0.25) is 0 Å². The average Bonchev–Trinajstić information content (AvgIpc) is 2.62. The van der Waals surface area contributed by atoms with Crippen LogP contribution in [-0.4, -0.2) is 35.0 Å². The second kappa shape index (κ2) is 6.87. The summed E-state index contributed by atoms with van der Waals surface area (Å²) in [6.45, 7) is 3.49. The van der Waals surface area contributed by atoms with Gasteiger partial charge < -0.3 is 10.0 Å². The van der Waals surface area contributed by atoms with Gasteiger partial charge in [-0.3, -0.25) is 4.79 Å². The third kappa shape index (κ3) is 3.48. The number of carbonyl (C=O) groups excluding carboxylic acids is 1.